The fraction of sp³-hybridized carbons (Fsp3) is 1.00. The zero-order valence-electron chi connectivity index (χ0n) is 14.1. The number of hydrogen-bond donors (Lipinski definition) is 1. The Labute approximate surface area is 125 Å². The molecule has 1 N–H and O–H groups in total. The first-order chi connectivity index (χ1) is 9.36. The van der Waals surface area contributed by atoms with Crippen LogP contribution in [0, 0.1) is 11.3 Å². The lowest BCUT2D eigenvalue weighted by atomic mass is 9.83. The maximum Gasteiger partial charge on any atom is 0.0702 e. The monoisotopic (exact) mass is 282 g/mol. The first kappa shape index (κ1) is 16.3. The molecule has 0 aromatic rings. The van der Waals surface area contributed by atoms with Gasteiger partial charge in [0.1, 0.15) is 0 Å². The van der Waals surface area contributed by atoms with E-state index in [0.717, 1.165) is 25.6 Å². The van der Waals surface area contributed by atoms with Gasteiger partial charge in [-0.05, 0) is 30.6 Å². The maximum atomic E-state index is 5.87. The summed E-state index contributed by atoms with van der Waals surface area (Å²) in [6.07, 6.45) is 4.23. The summed E-state index contributed by atoms with van der Waals surface area (Å²) in [4.78, 5) is 2.71. The van der Waals surface area contributed by atoms with Gasteiger partial charge in [0.25, 0.3) is 0 Å². The molecule has 0 aliphatic carbocycles. The van der Waals surface area contributed by atoms with Gasteiger partial charge in [-0.15, -0.1) is 0 Å². The molecule has 0 saturated carbocycles. The molecular formula is C17H34N2O. The summed E-state index contributed by atoms with van der Waals surface area (Å²) in [7, 11) is 0. The van der Waals surface area contributed by atoms with Gasteiger partial charge in [0, 0.05) is 38.3 Å². The van der Waals surface area contributed by atoms with Crippen LogP contribution in [0.1, 0.15) is 53.9 Å². The number of ether oxygens (including phenoxy) is 1. The highest BCUT2D eigenvalue weighted by Crippen LogP contribution is 2.28. The van der Waals surface area contributed by atoms with E-state index in [1.54, 1.807) is 0 Å². The molecule has 2 aliphatic heterocycles. The largest absolute Gasteiger partial charge is 0.377 e. The molecule has 3 nitrogen and oxygen atoms in total. The van der Waals surface area contributed by atoms with Crippen molar-refractivity contribution in [1.29, 1.82) is 0 Å². The summed E-state index contributed by atoms with van der Waals surface area (Å²) in [5, 5.41) is 3.78. The average Bonchev–Trinajstić information content (AvgIpc) is 2.79. The molecule has 0 amide bonds. The van der Waals surface area contributed by atoms with Crippen LogP contribution in [0.3, 0.4) is 0 Å². The Bertz CT molecular complexity index is 292. The quantitative estimate of drug-likeness (QED) is 0.858. The molecule has 2 heterocycles. The van der Waals surface area contributed by atoms with Gasteiger partial charge in [-0.25, -0.2) is 0 Å². The molecule has 0 aromatic heterocycles. The van der Waals surface area contributed by atoms with E-state index in [9.17, 15) is 0 Å². The van der Waals surface area contributed by atoms with Crippen LogP contribution in [0.4, 0.5) is 0 Å². The van der Waals surface area contributed by atoms with Crippen LogP contribution >= 0.6 is 0 Å². The molecule has 0 spiro atoms. The third-order valence-electron chi connectivity index (χ3n) is 4.71. The Hall–Kier alpha value is -0.120. The third-order valence-corrected chi connectivity index (χ3v) is 4.71. The minimum absolute atomic E-state index is 0.328. The summed E-state index contributed by atoms with van der Waals surface area (Å²) >= 11 is 0. The second-order valence-electron chi connectivity index (χ2n) is 8.21. The molecule has 0 bridgehead atoms. The highest BCUT2D eigenvalue weighted by molar-refractivity contribution is 4.93. The second-order valence-corrected chi connectivity index (χ2v) is 8.21. The first-order valence-electron chi connectivity index (χ1n) is 8.45. The Morgan fingerprint density at radius 1 is 1.30 bits per heavy atom. The Kier molecular flexibility index (Phi) is 5.49. The van der Waals surface area contributed by atoms with Crippen molar-refractivity contribution in [1.82, 2.24) is 10.2 Å². The zero-order chi connectivity index (χ0) is 14.8. The maximum absolute atomic E-state index is 5.87. The van der Waals surface area contributed by atoms with E-state index >= 15 is 0 Å². The molecule has 3 unspecified atom stereocenters. The number of hydrogen-bond acceptors (Lipinski definition) is 3. The fourth-order valence-electron chi connectivity index (χ4n) is 3.71. The van der Waals surface area contributed by atoms with Crippen LogP contribution in [-0.4, -0.2) is 49.3 Å². The molecule has 2 saturated heterocycles. The number of nitrogens with zero attached hydrogens (tertiary/aromatic N) is 1. The summed E-state index contributed by atoms with van der Waals surface area (Å²) < 4.78 is 5.87. The van der Waals surface area contributed by atoms with Gasteiger partial charge in [0.15, 0.2) is 0 Å². The number of piperazine rings is 1. The van der Waals surface area contributed by atoms with Crippen molar-refractivity contribution in [3.8, 4) is 0 Å². The minimum Gasteiger partial charge on any atom is -0.377 e. The molecular weight excluding hydrogens is 248 g/mol. The lowest BCUT2D eigenvalue weighted by molar-refractivity contribution is 0.00412. The molecule has 3 heteroatoms. The zero-order valence-corrected chi connectivity index (χ0v) is 14.1. The van der Waals surface area contributed by atoms with E-state index in [0.29, 0.717) is 23.6 Å². The smallest absolute Gasteiger partial charge is 0.0702 e. The summed E-state index contributed by atoms with van der Waals surface area (Å²) in [6, 6.07) is 1.27. The topological polar surface area (TPSA) is 24.5 Å². The molecule has 0 radical (unpaired) electrons. The van der Waals surface area contributed by atoms with Crippen LogP contribution in [0.2, 0.25) is 0 Å². The van der Waals surface area contributed by atoms with Gasteiger partial charge in [-0.3, -0.25) is 4.90 Å². The summed E-state index contributed by atoms with van der Waals surface area (Å²) in [5.74, 6) is 0.767. The minimum atomic E-state index is 0.328. The van der Waals surface area contributed by atoms with E-state index in [-0.39, 0.29) is 0 Å². The third kappa shape index (κ3) is 4.44. The molecule has 2 aliphatic rings. The number of nitrogens with one attached hydrogen (secondary N) is 1. The summed E-state index contributed by atoms with van der Waals surface area (Å²) in [5.41, 5.74) is 0.328. The van der Waals surface area contributed by atoms with Crippen molar-refractivity contribution in [3.05, 3.63) is 0 Å². The Morgan fingerprint density at radius 2 is 2.05 bits per heavy atom. The van der Waals surface area contributed by atoms with Gasteiger partial charge in [0.05, 0.1) is 6.10 Å². The van der Waals surface area contributed by atoms with Crippen LogP contribution in [-0.2, 0) is 4.74 Å². The van der Waals surface area contributed by atoms with Gasteiger partial charge in [-0.2, -0.15) is 0 Å². The lowest BCUT2D eigenvalue weighted by Crippen LogP contribution is -2.61. The van der Waals surface area contributed by atoms with Gasteiger partial charge in [0.2, 0.25) is 0 Å². The molecule has 2 rings (SSSR count). The van der Waals surface area contributed by atoms with Crippen LogP contribution in [0.5, 0.6) is 0 Å². The second kappa shape index (κ2) is 6.76. The molecule has 3 atom stereocenters. The highest BCUT2D eigenvalue weighted by Gasteiger charge is 2.37. The highest BCUT2D eigenvalue weighted by atomic mass is 16.5. The standard InChI is InChI=1S/C17H34N2O/c1-13(2)9-14-11-19(12-15-7-6-8-20-15)16(10-18-14)17(3,4)5/h13-16,18H,6-12H2,1-5H3. The van der Waals surface area contributed by atoms with Crippen LogP contribution < -0.4 is 5.32 Å². The Morgan fingerprint density at radius 3 is 2.60 bits per heavy atom. The summed E-state index contributed by atoms with van der Waals surface area (Å²) in [6.45, 7) is 16.1. The first-order valence-corrected chi connectivity index (χ1v) is 8.45. The predicted molar refractivity (Wildman–Crippen MR) is 85.0 cm³/mol. The van der Waals surface area contributed by atoms with E-state index in [2.05, 4.69) is 44.8 Å². The van der Waals surface area contributed by atoms with Crippen molar-refractivity contribution >= 4 is 0 Å². The van der Waals surface area contributed by atoms with Crippen molar-refractivity contribution in [2.75, 3.05) is 26.2 Å². The number of rotatable bonds is 4. The molecule has 20 heavy (non-hydrogen) atoms. The molecule has 118 valence electrons. The normalized spacial score (nSPS) is 33.0. The SMILES string of the molecule is CC(C)CC1CN(CC2CCCO2)C(C(C)(C)C)CN1. The van der Waals surface area contributed by atoms with Crippen molar-refractivity contribution < 1.29 is 4.74 Å². The predicted octanol–water partition coefficient (Wildman–Crippen LogP) is 2.90. The fourth-order valence-corrected chi connectivity index (χ4v) is 3.71. The molecule has 2 fully saturated rings. The van der Waals surface area contributed by atoms with E-state index < -0.39 is 0 Å². The van der Waals surface area contributed by atoms with E-state index in [1.165, 1.54) is 25.8 Å². The van der Waals surface area contributed by atoms with Crippen LogP contribution in [0.25, 0.3) is 0 Å². The van der Waals surface area contributed by atoms with Crippen molar-refractivity contribution in [3.63, 3.8) is 0 Å². The van der Waals surface area contributed by atoms with Crippen molar-refractivity contribution in [2.45, 2.75) is 72.1 Å². The average molecular weight is 282 g/mol. The van der Waals surface area contributed by atoms with E-state index in [4.69, 9.17) is 4.74 Å². The van der Waals surface area contributed by atoms with E-state index in [1.807, 2.05) is 0 Å². The lowest BCUT2D eigenvalue weighted by Gasteiger charge is -2.47. The van der Waals surface area contributed by atoms with Gasteiger partial charge in [-0.1, -0.05) is 34.6 Å². The van der Waals surface area contributed by atoms with Crippen LogP contribution in [0.15, 0.2) is 0 Å². The van der Waals surface area contributed by atoms with Crippen molar-refractivity contribution in [2.24, 2.45) is 11.3 Å². The molecule has 0 aromatic carbocycles. The Balaban J connectivity index is 1.98. The van der Waals surface area contributed by atoms with Gasteiger partial charge >= 0.3 is 0 Å². The van der Waals surface area contributed by atoms with Gasteiger partial charge < -0.3 is 10.1 Å².